The van der Waals surface area contributed by atoms with E-state index < -0.39 is 29.0 Å². The van der Waals surface area contributed by atoms with E-state index >= 15 is 0 Å². The highest BCUT2D eigenvalue weighted by Crippen LogP contribution is 2.41. The van der Waals surface area contributed by atoms with E-state index in [2.05, 4.69) is 15.4 Å². The average molecular weight is 514 g/mol. The van der Waals surface area contributed by atoms with Crippen molar-refractivity contribution in [3.8, 4) is 40.1 Å². The molecule has 12 heteroatoms. The number of rotatable bonds is 8. The summed E-state index contributed by atoms with van der Waals surface area (Å²) in [7, 11) is 5.85. The van der Waals surface area contributed by atoms with Gasteiger partial charge < -0.3 is 24.3 Å². The number of amides is 1. The van der Waals surface area contributed by atoms with Crippen LogP contribution in [-0.4, -0.2) is 49.1 Å². The van der Waals surface area contributed by atoms with Gasteiger partial charge in [0.2, 0.25) is 11.6 Å². The minimum atomic E-state index is -1.72. The summed E-state index contributed by atoms with van der Waals surface area (Å²) in [4.78, 5) is 17.3. The Hall–Kier alpha value is -4.74. The Balaban J connectivity index is 1.86. The van der Waals surface area contributed by atoms with E-state index in [0.29, 0.717) is 40.3 Å². The van der Waals surface area contributed by atoms with Crippen molar-refractivity contribution in [3.63, 3.8) is 0 Å². The SMILES string of the molecule is COc1cccc(-n2nc(C(=O)Nc3ccc(F)c(F)c3F)nc2-c2cc(OC)c(OC)c(OC)c2)c1. The molecule has 37 heavy (non-hydrogen) atoms. The van der Waals surface area contributed by atoms with Gasteiger partial charge in [-0.1, -0.05) is 6.07 Å². The number of nitrogens with zero attached hydrogens (tertiary/aromatic N) is 3. The number of benzene rings is 3. The zero-order chi connectivity index (χ0) is 26.7. The smallest absolute Gasteiger partial charge is 0.295 e. The second-order valence-electron chi connectivity index (χ2n) is 7.46. The van der Waals surface area contributed by atoms with Gasteiger partial charge in [0.1, 0.15) is 5.75 Å². The van der Waals surface area contributed by atoms with Gasteiger partial charge in [0.25, 0.3) is 5.91 Å². The fraction of sp³-hybridized carbons (Fsp3) is 0.160. The lowest BCUT2D eigenvalue weighted by Gasteiger charge is -2.14. The van der Waals surface area contributed by atoms with Crippen LogP contribution >= 0.6 is 0 Å². The van der Waals surface area contributed by atoms with Crippen LogP contribution in [0.1, 0.15) is 10.6 Å². The molecule has 0 bridgehead atoms. The number of anilines is 1. The second kappa shape index (κ2) is 10.5. The third-order valence-electron chi connectivity index (χ3n) is 5.31. The zero-order valence-electron chi connectivity index (χ0n) is 20.1. The minimum Gasteiger partial charge on any atom is -0.497 e. The second-order valence-corrected chi connectivity index (χ2v) is 7.46. The van der Waals surface area contributed by atoms with E-state index in [9.17, 15) is 18.0 Å². The molecule has 1 amide bonds. The monoisotopic (exact) mass is 514 g/mol. The molecule has 0 saturated heterocycles. The van der Waals surface area contributed by atoms with E-state index in [1.807, 2.05) is 0 Å². The summed E-state index contributed by atoms with van der Waals surface area (Å²) >= 11 is 0. The maximum Gasteiger partial charge on any atom is 0.295 e. The summed E-state index contributed by atoms with van der Waals surface area (Å²) in [6.45, 7) is 0. The molecule has 0 aliphatic heterocycles. The average Bonchev–Trinajstić information content (AvgIpc) is 3.38. The Bertz CT molecular complexity index is 1450. The normalized spacial score (nSPS) is 10.7. The molecule has 0 atom stereocenters. The highest BCUT2D eigenvalue weighted by molar-refractivity contribution is 6.02. The fourth-order valence-corrected chi connectivity index (χ4v) is 3.53. The topological polar surface area (TPSA) is 96.7 Å². The molecular weight excluding hydrogens is 493 g/mol. The first kappa shape index (κ1) is 25.4. The van der Waals surface area contributed by atoms with Crippen molar-refractivity contribution in [2.75, 3.05) is 33.8 Å². The number of hydrogen-bond donors (Lipinski definition) is 1. The van der Waals surface area contributed by atoms with E-state index in [0.717, 1.165) is 6.07 Å². The summed E-state index contributed by atoms with van der Waals surface area (Å²) < 4.78 is 63.9. The van der Waals surface area contributed by atoms with Gasteiger partial charge in [0.15, 0.2) is 34.8 Å². The van der Waals surface area contributed by atoms with Crippen molar-refractivity contribution >= 4 is 11.6 Å². The molecule has 0 radical (unpaired) electrons. The van der Waals surface area contributed by atoms with Crippen LogP contribution in [0.4, 0.5) is 18.9 Å². The zero-order valence-corrected chi connectivity index (χ0v) is 20.1. The molecule has 0 spiro atoms. The molecular formula is C25H21F3N4O5. The van der Waals surface area contributed by atoms with Crippen LogP contribution in [0.2, 0.25) is 0 Å². The molecule has 0 fully saturated rings. The molecule has 1 N–H and O–H groups in total. The summed E-state index contributed by atoms with van der Waals surface area (Å²) in [5.41, 5.74) is 0.340. The molecule has 0 unspecified atom stereocenters. The lowest BCUT2D eigenvalue weighted by molar-refractivity contribution is 0.101. The predicted molar refractivity (Wildman–Crippen MR) is 127 cm³/mol. The van der Waals surface area contributed by atoms with Crippen LogP contribution in [-0.2, 0) is 0 Å². The number of carbonyl (C=O) groups excluding carboxylic acids is 1. The van der Waals surface area contributed by atoms with Crippen molar-refractivity contribution in [2.45, 2.75) is 0 Å². The first-order valence-electron chi connectivity index (χ1n) is 10.7. The van der Waals surface area contributed by atoms with Gasteiger partial charge in [-0.3, -0.25) is 4.79 Å². The lowest BCUT2D eigenvalue weighted by atomic mass is 10.1. The first-order chi connectivity index (χ1) is 17.8. The summed E-state index contributed by atoms with van der Waals surface area (Å²) in [5, 5.41) is 6.46. The maximum atomic E-state index is 14.1. The van der Waals surface area contributed by atoms with E-state index in [4.69, 9.17) is 18.9 Å². The largest absolute Gasteiger partial charge is 0.497 e. The molecule has 9 nitrogen and oxygen atoms in total. The molecule has 192 valence electrons. The Labute approximate surface area is 209 Å². The van der Waals surface area contributed by atoms with Gasteiger partial charge in [0.05, 0.1) is 39.8 Å². The molecule has 0 aliphatic rings. The van der Waals surface area contributed by atoms with Gasteiger partial charge in [-0.2, -0.15) is 0 Å². The number of halogens is 3. The van der Waals surface area contributed by atoms with Crippen molar-refractivity contribution in [2.24, 2.45) is 0 Å². The summed E-state index contributed by atoms with van der Waals surface area (Å²) in [6.07, 6.45) is 0. The molecule has 1 aromatic heterocycles. The molecule has 0 saturated carbocycles. The number of nitrogens with one attached hydrogen (secondary N) is 1. The third kappa shape index (κ3) is 4.85. The number of ether oxygens (including phenoxy) is 4. The Morgan fingerprint density at radius 2 is 1.57 bits per heavy atom. The van der Waals surface area contributed by atoms with Gasteiger partial charge in [0, 0.05) is 11.6 Å². The highest BCUT2D eigenvalue weighted by Gasteiger charge is 2.24. The number of aromatic nitrogens is 3. The number of hydrogen-bond acceptors (Lipinski definition) is 7. The molecule has 1 heterocycles. The van der Waals surface area contributed by atoms with Crippen LogP contribution < -0.4 is 24.3 Å². The molecule has 3 aromatic carbocycles. The Morgan fingerprint density at radius 1 is 0.865 bits per heavy atom. The third-order valence-corrected chi connectivity index (χ3v) is 5.31. The van der Waals surface area contributed by atoms with Crippen molar-refractivity contribution in [3.05, 3.63) is 71.8 Å². The number of carbonyl (C=O) groups is 1. The van der Waals surface area contributed by atoms with Crippen molar-refractivity contribution in [1.29, 1.82) is 0 Å². The maximum absolute atomic E-state index is 14.1. The predicted octanol–water partition coefficient (Wildman–Crippen LogP) is 4.64. The van der Waals surface area contributed by atoms with Crippen molar-refractivity contribution < 1.29 is 36.9 Å². The molecule has 0 aliphatic carbocycles. The molecule has 4 aromatic rings. The Morgan fingerprint density at radius 3 is 2.19 bits per heavy atom. The van der Waals surface area contributed by atoms with Crippen molar-refractivity contribution in [1.82, 2.24) is 14.8 Å². The standard InChI is InChI=1S/C25H21F3N4O5/c1-34-15-7-5-6-14(12-15)32-24(13-10-18(35-2)22(37-4)19(11-13)36-3)30-23(31-32)25(33)29-17-9-8-16(26)20(27)21(17)28/h5-12H,1-4H3,(H,29,33). The van der Waals surface area contributed by atoms with Gasteiger partial charge in [-0.15, -0.1) is 5.10 Å². The van der Waals surface area contributed by atoms with Crippen LogP contribution in [0.3, 0.4) is 0 Å². The van der Waals surface area contributed by atoms with Gasteiger partial charge >= 0.3 is 0 Å². The van der Waals surface area contributed by atoms with Crippen LogP contribution in [0, 0.1) is 17.5 Å². The molecule has 4 rings (SSSR count). The van der Waals surface area contributed by atoms with Crippen LogP contribution in [0.5, 0.6) is 23.0 Å². The Kier molecular flexibility index (Phi) is 7.18. The highest BCUT2D eigenvalue weighted by atomic mass is 19.2. The van der Waals surface area contributed by atoms with E-state index in [1.54, 1.807) is 36.4 Å². The fourth-order valence-electron chi connectivity index (χ4n) is 3.53. The van der Waals surface area contributed by atoms with Gasteiger partial charge in [-0.25, -0.2) is 22.8 Å². The van der Waals surface area contributed by atoms with Crippen LogP contribution in [0.15, 0.2) is 48.5 Å². The summed E-state index contributed by atoms with van der Waals surface area (Å²) in [5.74, 6) is -4.30. The minimum absolute atomic E-state index is 0.184. The quantitative estimate of drug-likeness (QED) is 0.342. The van der Waals surface area contributed by atoms with E-state index in [-0.39, 0.29) is 11.6 Å². The van der Waals surface area contributed by atoms with Gasteiger partial charge in [-0.05, 0) is 36.4 Å². The van der Waals surface area contributed by atoms with Crippen LogP contribution in [0.25, 0.3) is 17.1 Å². The summed E-state index contributed by atoms with van der Waals surface area (Å²) in [6, 6.07) is 11.6. The van der Waals surface area contributed by atoms with E-state index in [1.165, 1.54) is 33.1 Å². The number of methoxy groups -OCH3 is 4. The first-order valence-corrected chi connectivity index (χ1v) is 10.7. The lowest BCUT2D eigenvalue weighted by Crippen LogP contribution is -2.16.